The van der Waals surface area contributed by atoms with E-state index in [0.29, 0.717) is 27.7 Å². The van der Waals surface area contributed by atoms with E-state index in [0.717, 1.165) is 5.56 Å². The van der Waals surface area contributed by atoms with Crippen molar-refractivity contribution in [3.05, 3.63) is 88.6 Å². The van der Waals surface area contributed by atoms with Gasteiger partial charge in [-0.2, -0.15) is 0 Å². The molecule has 3 aromatic carbocycles. The van der Waals surface area contributed by atoms with Crippen LogP contribution in [-0.4, -0.2) is 35.1 Å². The Kier molecular flexibility index (Phi) is 6.59. The van der Waals surface area contributed by atoms with Crippen LogP contribution in [0.15, 0.2) is 72.9 Å². The number of nitrogens with zero attached hydrogens (tertiary/aromatic N) is 2. The number of nitro groups is 1. The molecule has 1 amide bonds. The molecule has 0 aliphatic carbocycles. The first kappa shape index (κ1) is 23.2. The molecule has 1 heterocycles. The van der Waals surface area contributed by atoms with Gasteiger partial charge >= 0.3 is 0 Å². The number of aromatic nitrogens is 1. The fourth-order valence-electron chi connectivity index (χ4n) is 3.66. The second kappa shape index (κ2) is 9.92. The molecule has 0 bridgehead atoms. The molecular weight excluding hydrogens is 450 g/mol. The Morgan fingerprint density at radius 3 is 2.37 bits per heavy atom. The Morgan fingerprint density at radius 1 is 1.06 bits per heavy atom. The number of methoxy groups -OCH3 is 2. The van der Waals surface area contributed by atoms with Crippen LogP contribution in [0.5, 0.6) is 17.2 Å². The number of pyridine rings is 1. The van der Waals surface area contributed by atoms with Crippen LogP contribution in [0.2, 0.25) is 0 Å². The number of carbonyl (C=O) groups is 1. The summed E-state index contributed by atoms with van der Waals surface area (Å²) >= 11 is 0. The summed E-state index contributed by atoms with van der Waals surface area (Å²) < 4.78 is 10.3. The molecule has 1 aromatic heterocycles. The summed E-state index contributed by atoms with van der Waals surface area (Å²) in [6.07, 6.45) is 4.38. The topological polar surface area (TPSA) is 124 Å². The van der Waals surface area contributed by atoms with Crippen molar-refractivity contribution in [2.75, 3.05) is 19.5 Å². The Hall–Kier alpha value is -4.92. The fourth-order valence-corrected chi connectivity index (χ4v) is 3.66. The van der Waals surface area contributed by atoms with Gasteiger partial charge in [0.05, 0.1) is 36.5 Å². The summed E-state index contributed by atoms with van der Waals surface area (Å²) in [5.74, 6) is -0.174. The lowest BCUT2D eigenvalue weighted by molar-refractivity contribution is -0.384. The van der Waals surface area contributed by atoms with Crippen molar-refractivity contribution in [1.82, 2.24) is 4.98 Å². The van der Waals surface area contributed by atoms with Gasteiger partial charge in [-0.05, 0) is 35.4 Å². The number of nitrogens with one attached hydrogen (secondary N) is 1. The third kappa shape index (κ3) is 4.88. The standard InChI is InChI=1S/C26H21N3O6/c1-34-22-12-16(13-23(35-2)26(22)31)8-11-24(30)28-21-15-27-20-10-9-18(29(32)33)14-19(20)25(21)17-6-4-3-5-7-17/h3-15,31H,1-2H3,(H,28,30). The van der Waals surface area contributed by atoms with E-state index in [1.807, 2.05) is 30.3 Å². The molecule has 4 rings (SSSR count). The minimum absolute atomic E-state index is 0.0740. The van der Waals surface area contributed by atoms with Gasteiger partial charge in [-0.25, -0.2) is 0 Å². The van der Waals surface area contributed by atoms with Gasteiger partial charge in [0.2, 0.25) is 11.7 Å². The number of phenolic OH excluding ortho intramolecular Hbond substituents is 1. The van der Waals surface area contributed by atoms with Crippen LogP contribution in [-0.2, 0) is 4.79 Å². The molecule has 9 nitrogen and oxygen atoms in total. The van der Waals surface area contributed by atoms with Gasteiger partial charge in [0, 0.05) is 29.2 Å². The highest BCUT2D eigenvalue weighted by molar-refractivity contribution is 6.09. The molecule has 0 saturated heterocycles. The summed E-state index contributed by atoms with van der Waals surface area (Å²) in [7, 11) is 2.83. The van der Waals surface area contributed by atoms with Crippen molar-refractivity contribution in [2.24, 2.45) is 0 Å². The summed E-state index contributed by atoms with van der Waals surface area (Å²) in [6.45, 7) is 0. The second-order valence-electron chi connectivity index (χ2n) is 7.47. The van der Waals surface area contributed by atoms with Gasteiger partial charge in [-0.15, -0.1) is 0 Å². The Labute approximate surface area is 200 Å². The molecule has 0 aliphatic heterocycles. The number of hydrogen-bond donors (Lipinski definition) is 2. The van der Waals surface area contributed by atoms with E-state index in [1.54, 1.807) is 24.3 Å². The number of non-ortho nitro benzene ring substituents is 1. The summed E-state index contributed by atoms with van der Waals surface area (Å²) in [5.41, 5.74) is 2.85. The molecule has 176 valence electrons. The average Bonchev–Trinajstić information content (AvgIpc) is 2.88. The maximum Gasteiger partial charge on any atom is 0.270 e. The zero-order chi connectivity index (χ0) is 24.9. The highest BCUT2D eigenvalue weighted by atomic mass is 16.6. The number of benzene rings is 3. The molecule has 0 unspecified atom stereocenters. The summed E-state index contributed by atoms with van der Waals surface area (Å²) in [4.78, 5) is 28.1. The maximum absolute atomic E-state index is 12.8. The molecule has 4 aromatic rings. The highest BCUT2D eigenvalue weighted by Crippen LogP contribution is 2.38. The van der Waals surface area contributed by atoms with Gasteiger partial charge in [0.25, 0.3) is 5.69 Å². The van der Waals surface area contributed by atoms with E-state index in [-0.39, 0.29) is 22.9 Å². The van der Waals surface area contributed by atoms with Crippen LogP contribution in [0.3, 0.4) is 0 Å². The summed E-state index contributed by atoms with van der Waals surface area (Å²) in [5, 5.41) is 24.8. The van der Waals surface area contributed by atoms with Gasteiger partial charge in [-0.1, -0.05) is 30.3 Å². The molecule has 9 heteroatoms. The van der Waals surface area contributed by atoms with Gasteiger partial charge in [-0.3, -0.25) is 19.9 Å². The minimum atomic E-state index is -0.470. The van der Waals surface area contributed by atoms with Gasteiger partial charge in [0.1, 0.15) is 0 Å². The predicted molar refractivity (Wildman–Crippen MR) is 133 cm³/mol. The van der Waals surface area contributed by atoms with E-state index < -0.39 is 10.8 Å². The van der Waals surface area contributed by atoms with Crippen LogP contribution in [0.25, 0.3) is 28.1 Å². The van der Waals surface area contributed by atoms with Crippen molar-refractivity contribution in [3.8, 4) is 28.4 Å². The molecule has 0 fully saturated rings. The Balaban J connectivity index is 1.72. The van der Waals surface area contributed by atoms with E-state index in [2.05, 4.69) is 10.3 Å². The molecule has 0 saturated carbocycles. The smallest absolute Gasteiger partial charge is 0.270 e. The van der Waals surface area contributed by atoms with Crippen molar-refractivity contribution in [3.63, 3.8) is 0 Å². The van der Waals surface area contributed by atoms with Crippen LogP contribution in [0.4, 0.5) is 11.4 Å². The lowest BCUT2D eigenvalue weighted by atomic mass is 9.99. The maximum atomic E-state index is 12.8. The van der Waals surface area contributed by atoms with E-state index in [4.69, 9.17) is 9.47 Å². The van der Waals surface area contributed by atoms with E-state index in [1.165, 1.54) is 38.6 Å². The lowest BCUT2D eigenvalue weighted by Crippen LogP contribution is -2.09. The first-order chi connectivity index (χ1) is 16.9. The number of amides is 1. The SMILES string of the molecule is COc1cc(C=CC(=O)Nc2cnc3ccc([N+](=O)[O-])cc3c2-c2ccccc2)cc(OC)c1O. The number of rotatable bonds is 7. The van der Waals surface area contributed by atoms with Crippen molar-refractivity contribution in [1.29, 1.82) is 0 Å². The number of anilines is 1. The lowest BCUT2D eigenvalue weighted by Gasteiger charge is -2.13. The van der Waals surface area contributed by atoms with E-state index in [9.17, 15) is 20.0 Å². The third-order valence-corrected chi connectivity index (χ3v) is 5.31. The Bertz CT molecular complexity index is 1430. The molecule has 0 aliphatic rings. The zero-order valence-corrected chi connectivity index (χ0v) is 18.9. The van der Waals surface area contributed by atoms with Crippen LogP contribution < -0.4 is 14.8 Å². The number of hydrogen-bond acceptors (Lipinski definition) is 7. The fraction of sp³-hybridized carbons (Fsp3) is 0.0769. The van der Waals surface area contributed by atoms with Crippen LogP contribution >= 0.6 is 0 Å². The quantitative estimate of drug-likeness (QED) is 0.216. The van der Waals surface area contributed by atoms with E-state index >= 15 is 0 Å². The minimum Gasteiger partial charge on any atom is -0.502 e. The molecule has 2 N–H and O–H groups in total. The summed E-state index contributed by atoms with van der Waals surface area (Å²) in [6, 6.07) is 16.8. The monoisotopic (exact) mass is 471 g/mol. The number of fused-ring (bicyclic) bond motifs is 1. The molecule has 0 spiro atoms. The normalized spacial score (nSPS) is 10.9. The van der Waals surface area contributed by atoms with Crippen molar-refractivity contribution in [2.45, 2.75) is 0 Å². The first-order valence-electron chi connectivity index (χ1n) is 10.5. The molecule has 0 atom stereocenters. The van der Waals surface area contributed by atoms with Crippen molar-refractivity contribution >= 4 is 34.3 Å². The number of aromatic hydroxyl groups is 1. The number of phenols is 1. The molecule has 35 heavy (non-hydrogen) atoms. The number of nitro benzene ring substituents is 1. The van der Waals surface area contributed by atoms with Crippen LogP contribution in [0.1, 0.15) is 5.56 Å². The third-order valence-electron chi connectivity index (χ3n) is 5.31. The number of ether oxygens (including phenoxy) is 2. The van der Waals surface area contributed by atoms with Crippen LogP contribution in [0, 0.1) is 10.1 Å². The predicted octanol–water partition coefficient (Wildman–Crippen LogP) is 5.18. The van der Waals surface area contributed by atoms with Crippen molar-refractivity contribution < 1.29 is 24.3 Å². The first-order valence-corrected chi connectivity index (χ1v) is 10.5. The van der Waals surface area contributed by atoms with Gasteiger partial charge in [0.15, 0.2) is 11.5 Å². The van der Waals surface area contributed by atoms with Gasteiger partial charge < -0.3 is 19.9 Å². The molecular formula is C26H21N3O6. The average molecular weight is 471 g/mol. The highest BCUT2D eigenvalue weighted by Gasteiger charge is 2.16. The number of carbonyl (C=O) groups excluding carboxylic acids is 1. The molecule has 0 radical (unpaired) electrons. The largest absolute Gasteiger partial charge is 0.502 e. The second-order valence-corrected chi connectivity index (χ2v) is 7.47. The zero-order valence-electron chi connectivity index (χ0n) is 18.9. The Morgan fingerprint density at radius 2 is 1.74 bits per heavy atom.